The Labute approximate surface area is 146 Å². The van der Waals surface area contributed by atoms with Crippen molar-refractivity contribution in [3.63, 3.8) is 0 Å². The molecule has 0 radical (unpaired) electrons. The molecule has 6 heteroatoms. The monoisotopic (exact) mass is 339 g/mol. The Morgan fingerprint density at radius 3 is 2.84 bits per heavy atom. The van der Waals surface area contributed by atoms with E-state index >= 15 is 0 Å². The smallest absolute Gasteiger partial charge is 0.237 e. The van der Waals surface area contributed by atoms with E-state index in [4.69, 9.17) is 4.74 Å². The van der Waals surface area contributed by atoms with E-state index in [1.807, 2.05) is 37.3 Å². The summed E-state index contributed by atoms with van der Waals surface area (Å²) in [6.45, 7) is 3.27. The number of nitrogens with one attached hydrogen (secondary N) is 1. The molecular weight excluding hydrogens is 318 g/mol. The molecule has 1 aromatic carbocycles. The van der Waals surface area contributed by atoms with Crippen LogP contribution in [0.4, 0.5) is 5.69 Å². The van der Waals surface area contributed by atoms with E-state index < -0.39 is 0 Å². The molecular formula is C19H21N3O3. The van der Waals surface area contributed by atoms with Gasteiger partial charge in [-0.1, -0.05) is 30.3 Å². The Balaban J connectivity index is 1.63. The van der Waals surface area contributed by atoms with Crippen LogP contribution in [0.25, 0.3) is 0 Å². The van der Waals surface area contributed by atoms with Crippen molar-refractivity contribution >= 4 is 17.5 Å². The zero-order chi connectivity index (χ0) is 17.6. The molecule has 0 spiro atoms. The topological polar surface area (TPSA) is 71.5 Å². The fourth-order valence-corrected chi connectivity index (χ4v) is 2.88. The fourth-order valence-electron chi connectivity index (χ4n) is 2.88. The quantitative estimate of drug-likeness (QED) is 0.877. The maximum Gasteiger partial charge on any atom is 0.237 e. The lowest BCUT2D eigenvalue weighted by Crippen LogP contribution is -2.28. The number of amides is 2. The molecule has 0 saturated carbocycles. The zero-order valence-corrected chi connectivity index (χ0v) is 14.1. The first kappa shape index (κ1) is 17.0. The molecule has 2 amide bonds. The van der Waals surface area contributed by atoms with Gasteiger partial charge >= 0.3 is 0 Å². The number of rotatable bonds is 6. The maximum atomic E-state index is 12.5. The molecule has 2 aromatic rings. The van der Waals surface area contributed by atoms with E-state index in [1.54, 1.807) is 23.2 Å². The van der Waals surface area contributed by atoms with Gasteiger partial charge in [-0.05, 0) is 24.6 Å². The van der Waals surface area contributed by atoms with Crippen molar-refractivity contribution in [3.8, 4) is 5.88 Å². The van der Waals surface area contributed by atoms with Gasteiger partial charge < -0.3 is 15.0 Å². The van der Waals surface area contributed by atoms with Crippen molar-refractivity contribution in [2.75, 3.05) is 18.5 Å². The summed E-state index contributed by atoms with van der Waals surface area (Å²) in [4.78, 5) is 30.6. The Morgan fingerprint density at radius 1 is 1.28 bits per heavy atom. The third-order valence-electron chi connectivity index (χ3n) is 4.11. The highest BCUT2D eigenvalue weighted by Crippen LogP contribution is 2.25. The van der Waals surface area contributed by atoms with Gasteiger partial charge in [-0.3, -0.25) is 9.59 Å². The van der Waals surface area contributed by atoms with Crippen LogP contribution in [0.3, 0.4) is 0 Å². The van der Waals surface area contributed by atoms with E-state index in [9.17, 15) is 9.59 Å². The molecule has 0 aliphatic carbocycles. The number of carbonyl (C=O) groups is 2. The molecule has 25 heavy (non-hydrogen) atoms. The summed E-state index contributed by atoms with van der Waals surface area (Å²) < 4.78 is 5.42. The highest BCUT2D eigenvalue weighted by atomic mass is 16.5. The van der Waals surface area contributed by atoms with Gasteiger partial charge in [0.2, 0.25) is 17.7 Å². The first-order valence-electron chi connectivity index (χ1n) is 8.37. The molecule has 1 atom stereocenters. The average Bonchev–Trinajstić information content (AvgIpc) is 2.99. The summed E-state index contributed by atoms with van der Waals surface area (Å²) in [7, 11) is 0. The van der Waals surface area contributed by atoms with Crippen molar-refractivity contribution in [2.45, 2.75) is 19.9 Å². The highest BCUT2D eigenvalue weighted by Gasteiger charge is 2.34. The number of pyridine rings is 1. The van der Waals surface area contributed by atoms with Crippen LogP contribution in [0, 0.1) is 5.92 Å². The molecule has 6 nitrogen and oxygen atoms in total. The van der Waals surface area contributed by atoms with Crippen LogP contribution >= 0.6 is 0 Å². The number of hydrogen-bond acceptors (Lipinski definition) is 4. The minimum absolute atomic E-state index is 0.000205. The molecule has 130 valence electrons. The van der Waals surface area contributed by atoms with E-state index in [-0.39, 0.29) is 24.2 Å². The van der Waals surface area contributed by atoms with Crippen molar-refractivity contribution in [3.05, 3.63) is 54.2 Å². The molecule has 3 rings (SSSR count). The van der Waals surface area contributed by atoms with Gasteiger partial charge in [-0.15, -0.1) is 0 Å². The predicted molar refractivity (Wildman–Crippen MR) is 94.0 cm³/mol. The van der Waals surface area contributed by atoms with Crippen LogP contribution in [0.2, 0.25) is 0 Å². The van der Waals surface area contributed by atoms with E-state index in [2.05, 4.69) is 10.3 Å². The molecule has 0 bridgehead atoms. The highest BCUT2D eigenvalue weighted by molar-refractivity contribution is 5.97. The summed E-state index contributed by atoms with van der Waals surface area (Å²) in [5.41, 5.74) is 1.59. The Hall–Kier alpha value is -2.89. The molecule has 1 N–H and O–H groups in total. The maximum absolute atomic E-state index is 12.5. The van der Waals surface area contributed by atoms with Crippen LogP contribution < -0.4 is 10.1 Å². The normalized spacial score (nSPS) is 16.8. The third-order valence-corrected chi connectivity index (χ3v) is 4.11. The zero-order valence-electron chi connectivity index (χ0n) is 14.1. The second-order valence-corrected chi connectivity index (χ2v) is 5.94. The van der Waals surface area contributed by atoms with E-state index in [1.165, 1.54) is 0 Å². The van der Waals surface area contributed by atoms with Gasteiger partial charge in [0.1, 0.15) is 5.69 Å². The van der Waals surface area contributed by atoms with Crippen LogP contribution in [0.1, 0.15) is 18.9 Å². The Morgan fingerprint density at radius 2 is 2.08 bits per heavy atom. The first-order chi connectivity index (χ1) is 12.2. The second kappa shape index (κ2) is 7.79. The lowest BCUT2D eigenvalue weighted by molar-refractivity contribution is -0.128. The lowest BCUT2D eigenvalue weighted by atomic mass is 10.1. The number of hydrogen-bond donors (Lipinski definition) is 1. The van der Waals surface area contributed by atoms with Crippen LogP contribution in [0.5, 0.6) is 5.88 Å². The Kier molecular flexibility index (Phi) is 5.28. The summed E-state index contributed by atoms with van der Waals surface area (Å²) >= 11 is 0. The number of likely N-dealkylation sites (tertiary alicyclic amines) is 1. The summed E-state index contributed by atoms with van der Waals surface area (Å²) in [5.74, 6) is -0.159. The SMILES string of the molecule is CCOc1ncccc1NC(=O)[C@@H]1CC(=O)N(Cc2ccccc2)C1. The van der Waals surface area contributed by atoms with Gasteiger partial charge in [0.15, 0.2) is 0 Å². The average molecular weight is 339 g/mol. The predicted octanol–water partition coefficient (Wildman–Crippen LogP) is 2.47. The van der Waals surface area contributed by atoms with Gasteiger partial charge in [0, 0.05) is 25.7 Å². The standard InChI is InChI=1S/C19H21N3O3/c1-2-25-19-16(9-6-10-20-19)21-18(24)15-11-17(23)22(13-15)12-14-7-4-3-5-8-14/h3-10,15H,2,11-13H2,1H3,(H,21,24)/t15-/m1/s1. The number of carbonyl (C=O) groups excluding carboxylic acids is 2. The number of benzene rings is 1. The van der Waals surface area contributed by atoms with E-state index in [0.717, 1.165) is 5.56 Å². The van der Waals surface area contributed by atoms with E-state index in [0.29, 0.717) is 31.3 Å². The van der Waals surface area contributed by atoms with Crippen molar-refractivity contribution in [1.29, 1.82) is 0 Å². The second-order valence-electron chi connectivity index (χ2n) is 5.94. The molecule has 1 aromatic heterocycles. The molecule has 1 fully saturated rings. The lowest BCUT2D eigenvalue weighted by Gasteiger charge is -2.17. The molecule has 1 aliphatic rings. The number of nitrogens with zero attached hydrogens (tertiary/aromatic N) is 2. The molecule has 0 unspecified atom stereocenters. The molecule has 1 saturated heterocycles. The van der Waals surface area contributed by atoms with Crippen LogP contribution in [-0.2, 0) is 16.1 Å². The van der Waals surface area contributed by atoms with Gasteiger partial charge in [-0.25, -0.2) is 4.98 Å². The van der Waals surface area contributed by atoms with Crippen molar-refractivity contribution < 1.29 is 14.3 Å². The molecule has 1 aliphatic heterocycles. The van der Waals surface area contributed by atoms with Crippen molar-refractivity contribution in [1.82, 2.24) is 9.88 Å². The number of ether oxygens (including phenoxy) is 1. The Bertz CT molecular complexity index is 749. The first-order valence-corrected chi connectivity index (χ1v) is 8.37. The fraction of sp³-hybridized carbons (Fsp3) is 0.316. The van der Waals surface area contributed by atoms with Gasteiger partial charge in [0.25, 0.3) is 0 Å². The minimum Gasteiger partial charge on any atom is -0.476 e. The van der Waals surface area contributed by atoms with Gasteiger partial charge in [-0.2, -0.15) is 0 Å². The molecule has 2 heterocycles. The summed E-state index contributed by atoms with van der Waals surface area (Å²) in [6, 6.07) is 13.3. The minimum atomic E-state index is -0.370. The largest absolute Gasteiger partial charge is 0.476 e. The summed E-state index contributed by atoms with van der Waals surface area (Å²) in [5, 5.41) is 2.84. The van der Waals surface area contributed by atoms with Gasteiger partial charge in [0.05, 0.1) is 12.5 Å². The number of aromatic nitrogens is 1. The third kappa shape index (κ3) is 4.15. The van der Waals surface area contributed by atoms with Crippen LogP contribution in [-0.4, -0.2) is 34.8 Å². The van der Waals surface area contributed by atoms with Crippen molar-refractivity contribution in [2.24, 2.45) is 5.92 Å². The van der Waals surface area contributed by atoms with Crippen LogP contribution in [0.15, 0.2) is 48.7 Å². The summed E-state index contributed by atoms with van der Waals surface area (Å²) in [6.07, 6.45) is 1.84. The number of anilines is 1.